The van der Waals surface area contributed by atoms with Crippen molar-refractivity contribution in [2.24, 2.45) is 0 Å². The minimum Gasteiger partial charge on any atom is -0.267 e. The predicted molar refractivity (Wildman–Crippen MR) is 97.8 cm³/mol. The summed E-state index contributed by atoms with van der Waals surface area (Å²) in [5, 5.41) is 9.33. The van der Waals surface area contributed by atoms with Gasteiger partial charge in [0, 0.05) is 10.6 Å². The van der Waals surface area contributed by atoms with Crippen LogP contribution in [0.15, 0.2) is 53.3 Å². The van der Waals surface area contributed by atoms with Crippen molar-refractivity contribution in [3.8, 4) is 11.4 Å². The Labute approximate surface area is 150 Å². The van der Waals surface area contributed by atoms with Crippen LogP contribution in [-0.4, -0.2) is 14.6 Å². The van der Waals surface area contributed by atoms with E-state index in [1.165, 1.54) is 15.7 Å². The van der Waals surface area contributed by atoms with Crippen LogP contribution in [-0.2, 0) is 0 Å². The van der Waals surface area contributed by atoms with Crippen LogP contribution in [0.5, 0.6) is 0 Å². The summed E-state index contributed by atoms with van der Waals surface area (Å²) >= 11 is 13.7. The maximum atomic E-state index is 12.8. The molecule has 0 amide bonds. The molecule has 24 heavy (non-hydrogen) atoms. The highest BCUT2D eigenvalue weighted by Gasteiger charge is 2.16. The van der Waals surface area contributed by atoms with Gasteiger partial charge in [0.05, 0.1) is 9.55 Å². The van der Waals surface area contributed by atoms with Gasteiger partial charge in [-0.05, 0) is 29.8 Å². The molecule has 0 aliphatic rings. The minimum atomic E-state index is -0.185. The highest BCUT2D eigenvalue weighted by atomic mass is 35.5. The Hall–Kier alpha value is -2.21. The second-order valence-corrected chi connectivity index (χ2v) is 6.88. The van der Waals surface area contributed by atoms with E-state index in [9.17, 15) is 4.79 Å². The van der Waals surface area contributed by atoms with E-state index in [-0.39, 0.29) is 5.56 Å². The summed E-state index contributed by atoms with van der Waals surface area (Å²) < 4.78 is 2.02. The van der Waals surface area contributed by atoms with E-state index in [4.69, 9.17) is 23.2 Å². The van der Waals surface area contributed by atoms with Crippen molar-refractivity contribution < 1.29 is 0 Å². The molecule has 0 aliphatic heterocycles. The highest BCUT2D eigenvalue weighted by Crippen LogP contribution is 2.26. The van der Waals surface area contributed by atoms with Crippen molar-refractivity contribution in [2.45, 2.75) is 0 Å². The molecule has 0 N–H and O–H groups in total. The predicted octanol–water partition coefficient (Wildman–Crippen LogP) is 3.67. The standard InChI is InChI=1S/C17H9Cl2N3OS/c18-12-7-3-1-5-10(12)9-14-16(23)22-15(20-21-17(22)24-14)11-6-2-4-8-13(11)19/h1-9H/b14-9+. The van der Waals surface area contributed by atoms with Gasteiger partial charge in [-0.15, -0.1) is 10.2 Å². The molecule has 2 heterocycles. The van der Waals surface area contributed by atoms with Gasteiger partial charge in [0.1, 0.15) is 0 Å². The van der Waals surface area contributed by atoms with Gasteiger partial charge in [-0.3, -0.25) is 4.79 Å². The van der Waals surface area contributed by atoms with E-state index in [0.29, 0.717) is 30.9 Å². The molecule has 0 saturated heterocycles. The van der Waals surface area contributed by atoms with Crippen LogP contribution in [0.25, 0.3) is 22.4 Å². The smallest absolute Gasteiger partial charge is 0.267 e. The van der Waals surface area contributed by atoms with Crippen LogP contribution < -0.4 is 10.1 Å². The van der Waals surface area contributed by atoms with Crippen molar-refractivity contribution in [1.82, 2.24) is 14.6 Å². The molecule has 0 bridgehead atoms. The van der Waals surface area contributed by atoms with Gasteiger partial charge in [-0.25, -0.2) is 4.40 Å². The SMILES string of the molecule is O=c1/c(=C\c2ccccc2Cl)sc2nnc(-c3ccccc3Cl)n12. The average Bonchev–Trinajstić information content (AvgIpc) is 3.11. The molecule has 0 aliphatic carbocycles. The maximum absolute atomic E-state index is 12.8. The number of hydrogen-bond donors (Lipinski definition) is 0. The first-order chi connectivity index (χ1) is 11.6. The van der Waals surface area contributed by atoms with Crippen LogP contribution in [0.1, 0.15) is 5.56 Å². The van der Waals surface area contributed by atoms with Crippen molar-refractivity contribution in [2.75, 3.05) is 0 Å². The highest BCUT2D eigenvalue weighted by molar-refractivity contribution is 7.15. The molecular weight excluding hydrogens is 365 g/mol. The number of aromatic nitrogens is 3. The van der Waals surface area contributed by atoms with Gasteiger partial charge in [-0.1, -0.05) is 64.9 Å². The summed E-state index contributed by atoms with van der Waals surface area (Å²) in [6.07, 6.45) is 1.76. The fourth-order valence-corrected chi connectivity index (χ4v) is 3.73. The van der Waals surface area contributed by atoms with E-state index in [1.54, 1.807) is 18.2 Å². The van der Waals surface area contributed by atoms with E-state index in [1.807, 2.05) is 36.4 Å². The van der Waals surface area contributed by atoms with Crippen molar-refractivity contribution in [3.05, 3.63) is 79.0 Å². The Kier molecular flexibility index (Phi) is 3.84. The third kappa shape index (κ3) is 2.51. The molecule has 2 aromatic heterocycles. The van der Waals surface area contributed by atoms with Crippen LogP contribution in [0.3, 0.4) is 0 Å². The van der Waals surface area contributed by atoms with E-state index in [2.05, 4.69) is 10.2 Å². The number of rotatable bonds is 2. The lowest BCUT2D eigenvalue weighted by Gasteiger charge is -1.99. The summed E-state index contributed by atoms with van der Waals surface area (Å²) in [7, 11) is 0. The zero-order chi connectivity index (χ0) is 16.7. The minimum absolute atomic E-state index is 0.185. The molecule has 0 fully saturated rings. The molecule has 0 unspecified atom stereocenters. The molecule has 0 atom stereocenters. The fraction of sp³-hybridized carbons (Fsp3) is 0. The Bertz CT molecular complexity index is 1170. The Morgan fingerprint density at radius 3 is 2.42 bits per heavy atom. The average molecular weight is 374 g/mol. The third-order valence-electron chi connectivity index (χ3n) is 3.56. The molecular formula is C17H9Cl2N3OS. The molecule has 0 radical (unpaired) electrons. The quantitative estimate of drug-likeness (QED) is 0.538. The topological polar surface area (TPSA) is 47.3 Å². The number of halogens is 2. The van der Waals surface area contributed by atoms with Gasteiger partial charge >= 0.3 is 0 Å². The summed E-state index contributed by atoms with van der Waals surface area (Å²) in [6.45, 7) is 0. The molecule has 118 valence electrons. The van der Waals surface area contributed by atoms with Crippen LogP contribution >= 0.6 is 34.5 Å². The molecule has 0 spiro atoms. The van der Waals surface area contributed by atoms with Crippen molar-refractivity contribution in [3.63, 3.8) is 0 Å². The number of benzene rings is 2. The van der Waals surface area contributed by atoms with Crippen LogP contribution in [0, 0.1) is 0 Å². The van der Waals surface area contributed by atoms with E-state index < -0.39 is 0 Å². The summed E-state index contributed by atoms with van der Waals surface area (Å²) in [6, 6.07) is 14.6. The molecule has 4 rings (SSSR count). The second kappa shape index (κ2) is 6.02. The van der Waals surface area contributed by atoms with Gasteiger partial charge < -0.3 is 0 Å². The lowest BCUT2D eigenvalue weighted by atomic mass is 10.2. The summed E-state index contributed by atoms with van der Waals surface area (Å²) in [4.78, 5) is 13.3. The number of thiazole rings is 1. The lowest BCUT2D eigenvalue weighted by molar-refractivity contribution is 1.09. The lowest BCUT2D eigenvalue weighted by Crippen LogP contribution is -2.23. The Morgan fingerprint density at radius 2 is 1.67 bits per heavy atom. The number of fused-ring (bicyclic) bond motifs is 1. The van der Waals surface area contributed by atoms with Crippen molar-refractivity contribution in [1.29, 1.82) is 0 Å². The molecule has 0 saturated carbocycles. The monoisotopic (exact) mass is 373 g/mol. The largest absolute Gasteiger partial charge is 0.276 e. The normalized spacial score (nSPS) is 12.2. The molecule has 4 aromatic rings. The van der Waals surface area contributed by atoms with Crippen LogP contribution in [0.4, 0.5) is 0 Å². The fourth-order valence-electron chi connectivity index (χ4n) is 2.41. The van der Waals surface area contributed by atoms with Crippen LogP contribution in [0.2, 0.25) is 10.0 Å². The van der Waals surface area contributed by atoms with Gasteiger partial charge in [-0.2, -0.15) is 0 Å². The van der Waals surface area contributed by atoms with E-state index in [0.717, 1.165) is 5.56 Å². The zero-order valence-electron chi connectivity index (χ0n) is 12.1. The Morgan fingerprint density at radius 1 is 0.958 bits per heavy atom. The summed E-state index contributed by atoms with van der Waals surface area (Å²) in [5.41, 5.74) is 1.27. The summed E-state index contributed by atoms with van der Waals surface area (Å²) in [5.74, 6) is 0.440. The van der Waals surface area contributed by atoms with E-state index >= 15 is 0 Å². The Balaban J connectivity index is 1.97. The van der Waals surface area contributed by atoms with Gasteiger partial charge in [0.2, 0.25) is 4.96 Å². The van der Waals surface area contributed by atoms with Crippen molar-refractivity contribution >= 4 is 45.6 Å². The number of nitrogens with zero attached hydrogens (tertiary/aromatic N) is 3. The second-order valence-electron chi connectivity index (χ2n) is 5.06. The first-order valence-electron chi connectivity index (χ1n) is 7.04. The zero-order valence-corrected chi connectivity index (χ0v) is 14.4. The maximum Gasteiger partial charge on any atom is 0.276 e. The molecule has 4 nitrogen and oxygen atoms in total. The number of hydrogen-bond acceptors (Lipinski definition) is 4. The molecule has 7 heteroatoms. The first-order valence-corrected chi connectivity index (χ1v) is 8.61. The first kappa shape index (κ1) is 15.3. The third-order valence-corrected chi connectivity index (χ3v) is 5.19. The molecule has 2 aromatic carbocycles. The van der Waals surface area contributed by atoms with Gasteiger partial charge in [0.25, 0.3) is 5.56 Å². The van der Waals surface area contributed by atoms with Gasteiger partial charge in [0.15, 0.2) is 5.82 Å².